The standard InChI is InChI=1S/C22H30O6/c1-27-22(26)11-7-3-6-10-18-19(21(25)14-20(18)24)13-12-16(23)15-28-17-8-4-2-5-9-17/h2-6,8-9,16,18-19,21,23,25H,7,10-15H2,1H3/b6-3+/t16-,18-,19-,21-/m1/s1. The summed E-state index contributed by atoms with van der Waals surface area (Å²) >= 11 is 0. The number of Topliss-reactive ketones (excluding diaryl/α,β-unsaturated/α-hetero) is 1. The highest BCUT2D eigenvalue weighted by Crippen LogP contribution is 2.35. The fourth-order valence-electron chi connectivity index (χ4n) is 3.56. The number of ether oxygens (including phenoxy) is 2. The second-order valence-corrected chi connectivity index (χ2v) is 7.19. The zero-order valence-electron chi connectivity index (χ0n) is 16.3. The molecule has 6 heteroatoms. The van der Waals surface area contributed by atoms with Crippen molar-refractivity contribution in [3.05, 3.63) is 42.5 Å². The van der Waals surface area contributed by atoms with Gasteiger partial charge < -0.3 is 19.7 Å². The Hall–Kier alpha value is -2.18. The van der Waals surface area contributed by atoms with E-state index in [2.05, 4.69) is 4.74 Å². The summed E-state index contributed by atoms with van der Waals surface area (Å²) < 4.78 is 10.1. The lowest BCUT2D eigenvalue weighted by Crippen LogP contribution is -2.24. The average molecular weight is 390 g/mol. The highest BCUT2D eigenvalue weighted by Gasteiger charge is 2.40. The number of carbonyl (C=O) groups is 2. The van der Waals surface area contributed by atoms with Gasteiger partial charge >= 0.3 is 5.97 Å². The van der Waals surface area contributed by atoms with Gasteiger partial charge in [0.1, 0.15) is 18.1 Å². The summed E-state index contributed by atoms with van der Waals surface area (Å²) in [7, 11) is 1.36. The summed E-state index contributed by atoms with van der Waals surface area (Å²) in [6.07, 6.45) is 5.06. The Morgan fingerprint density at radius 2 is 2.04 bits per heavy atom. The number of allylic oxidation sites excluding steroid dienone is 2. The van der Waals surface area contributed by atoms with Crippen LogP contribution in [0.3, 0.4) is 0 Å². The molecule has 0 aromatic heterocycles. The summed E-state index contributed by atoms with van der Waals surface area (Å²) in [6.45, 7) is 0.179. The van der Waals surface area contributed by atoms with Crippen LogP contribution in [0, 0.1) is 11.8 Å². The van der Waals surface area contributed by atoms with Gasteiger partial charge in [-0.15, -0.1) is 0 Å². The minimum atomic E-state index is -0.664. The van der Waals surface area contributed by atoms with Crippen molar-refractivity contribution in [2.45, 2.75) is 50.7 Å². The van der Waals surface area contributed by atoms with Crippen LogP contribution in [0.5, 0.6) is 5.75 Å². The molecule has 1 aromatic carbocycles. The van der Waals surface area contributed by atoms with E-state index in [0.29, 0.717) is 37.9 Å². The first-order valence-electron chi connectivity index (χ1n) is 9.79. The van der Waals surface area contributed by atoms with Crippen molar-refractivity contribution in [2.24, 2.45) is 11.8 Å². The molecule has 0 radical (unpaired) electrons. The summed E-state index contributed by atoms with van der Waals surface area (Å²) in [5.41, 5.74) is 0. The van der Waals surface area contributed by atoms with E-state index in [0.717, 1.165) is 0 Å². The molecule has 0 amide bonds. The highest BCUT2D eigenvalue weighted by atomic mass is 16.5. The molecule has 154 valence electrons. The predicted octanol–water partition coefficient (Wildman–Crippen LogP) is 2.67. The van der Waals surface area contributed by atoms with Crippen LogP contribution in [0.25, 0.3) is 0 Å². The van der Waals surface area contributed by atoms with Crippen LogP contribution in [0.15, 0.2) is 42.5 Å². The molecule has 0 bridgehead atoms. The van der Waals surface area contributed by atoms with E-state index in [1.54, 1.807) is 0 Å². The van der Waals surface area contributed by atoms with Crippen molar-refractivity contribution >= 4 is 11.8 Å². The van der Waals surface area contributed by atoms with Crippen molar-refractivity contribution in [1.82, 2.24) is 0 Å². The molecule has 1 aliphatic rings. The van der Waals surface area contributed by atoms with Gasteiger partial charge in [-0.05, 0) is 43.7 Å². The van der Waals surface area contributed by atoms with E-state index in [-0.39, 0.29) is 36.6 Å². The van der Waals surface area contributed by atoms with Crippen molar-refractivity contribution < 1.29 is 29.3 Å². The molecule has 6 nitrogen and oxygen atoms in total. The molecule has 0 spiro atoms. The van der Waals surface area contributed by atoms with E-state index in [1.807, 2.05) is 42.5 Å². The lowest BCUT2D eigenvalue weighted by molar-refractivity contribution is -0.140. The van der Waals surface area contributed by atoms with Gasteiger partial charge in [0.05, 0.1) is 19.3 Å². The fourth-order valence-corrected chi connectivity index (χ4v) is 3.56. The third-order valence-corrected chi connectivity index (χ3v) is 5.15. The third-order valence-electron chi connectivity index (χ3n) is 5.15. The largest absolute Gasteiger partial charge is 0.491 e. The Labute approximate surface area is 166 Å². The molecule has 1 aliphatic carbocycles. The Balaban J connectivity index is 1.76. The molecule has 1 aromatic rings. The number of carbonyl (C=O) groups excluding carboxylic acids is 2. The molecular weight excluding hydrogens is 360 g/mol. The van der Waals surface area contributed by atoms with E-state index in [1.165, 1.54) is 7.11 Å². The summed E-state index contributed by atoms with van der Waals surface area (Å²) in [6, 6.07) is 9.28. The highest BCUT2D eigenvalue weighted by molar-refractivity contribution is 5.84. The van der Waals surface area contributed by atoms with Crippen LogP contribution in [-0.4, -0.2) is 47.9 Å². The number of esters is 1. The number of para-hydroxylation sites is 1. The van der Waals surface area contributed by atoms with Crippen molar-refractivity contribution in [1.29, 1.82) is 0 Å². The second-order valence-electron chi connectivity index (χ2n) is 7.19. The van der Waals surface area contributed by atoms with Crippen LogP contribution in [0.4, 0.5) is 0 Å². The maximum Gasteiger partial charge on any atom is 0.305 e. The Bertz CT molecular complexity index is 642. The van der Waals surface area contributed by atoms with Crippen LogP contribution in [0.2, 0.25) is 0 Å². The Morgan fingerprint density at radius 3 is 2.75 bits per heavy atom. The number of methoxy groups -OCH3 is 1. The maximum atomic E-state index is 12.2. The van der Waals surface area contributed by atoms with E-state index in [4.69, 9.17) is 4.74 Å². The Kier molecular flexibility index (Phi) is 9.17. The van der Waals surface area contributed by atoms with Gasteiger partial charge in [-0.1, -0.05) is 30.4 Å². The van der Waals surface area contributed by atoms with Crippen LogP contribution in [-0.2, 0) is 14.3 Å². The van der Waals surface area contributed by atoms with Gasteiger partial charge in [-0.2, -0.15) is 0 Å². The van der Waals surface area contributed by atoms with Crippen LogP contribution >= 0.6 is 0 Å². The molecule has 1 saturated carbocycles. The molecule has 4 atom stereocenters. The molecule has 2 N–H and O–H groups in total. The number of ketones is 1. The lowest BCUT2D eigenvalue weighted by Gasteiger charge is -2.21. The van der Waals surface area contributed by atoms with Gasteiger partial charge in [0.15, 0.2) is 0 Å². The first-order chi connectivity index (χ1) is 13.5. The van der Waals surface area contributed by atoms with E-state index < -0.39 is 12.2 Å². The normalized spacial score (nSPS) is 23.1. The molecule has 0 aliphatic heterocycles. The number of aliphatic hydroxyl groups excluding tert-OH is 2. The molecular formula is C22H30O6. The second kappa shape index (κ2) is 11.6. The van der Waals surface area contributed by atoms with Crippen LogP contribution < -0.4 is 4.74 Å². The molecule has 28 heavy (non-hydrogen) atoms. The third kappa shape index (κ3) is 7.09. The monoisotopic (exact) mass is 390 g/mol. The quantitative estimate of drug-likeness (QED) is 0.446. The first-order valence-corrected chi connectivity index (χ1v) is 9.79. The minimum absolute atomic E-state index is 0.0603. The van der Waals surface area contributed by atoms with Gasteiger partial charge in [0.25, 0.3) is 0 Å². The minimum Gasteiger partial charge on any atom is -0.491 e. The number of hydrogen-bond donors (Lipinski definition) is 2. The van der Waals surface area contributed by atoms with E-state index >= 15 is 0 Å². The number of aliphatic hydroxyl groups is 2. The van der Waals surface area contributed by atoms with Gasteiger partial charge in [-0.3, -0.25) is 9.59 Å². The SMILES string of the molecule is COC(=O)CC/C=C/C[C@H]1C(=O)C[C@@H](O)[C@@H]1CC[C@@H](O)COc1ccccc1. The maximum absolute atomic E-state index is 12.2. The number of hydrogen-bond acceptors (Lipinski definition) is 6. The van der Waals surface area contributed by atoms with Crippen LogP contribution in [0.1, 0.15) is 38.5 Å². The van der Waals surface area contributed by atoms with Gasteiger partial charge in [0, 0.05) is 18.8 Å². The Morgan fingerprint density at radius 1 is 1.29 bits per heavy atom. The lowest BCUT2D eigenvalue weighted by atomic mass is 9.86. The smallest absolute Gasteiger partial charge is 0.305 e. The number of benzene rings is 1. The van der Waals surface area contributed by atoms with Gasteiger partial charge in [-0.25, -0.2) is 0 Å². The molecule has 1 fully saturated rings. The topological polar surface area (TPSA) is 93.1 Å². The summed E-state index contributed by atoms with van der Waals surface area (Å²) in [5.74, 6) is 0.0927. The van der Waals surface area contributed by atoms with E-state index in [9.17, 15) is 19.8 Å². The zero-order chi connectivity index (χ0) is 20.4. The predicted molar refractivity (Wildman–Crippen MR) is 105 cm³/mol. The van der Waals surface area contributed by atoms with Crippen molar-refractivity contribution in [3.8, 4) is 5.75 Å². The fraction of sp³-hybridized carbons (Fsp3) is 0.545. The molecule has 2 rings (SSSR count). The molecule has 0 saturated heterocycles. The average Bonchev–Trinajstić information content (AvgIpc) is 2.97. The zero-order valence-corrected chi connectivity index (χ0v) is 16.3. The summed E-state index contributed by atoms with van der Waals surface area (Å²) in [5, 5.41) is 20.4. The summed E-state index contributed by atoms with van der Waals surface area (Å²) in [4.78, 5) is 23.3. The molecule has 0 heterocycles. The van der Waals surface area contributed by atoms with Crippen molar-refractivity contribution in [3.63, 3.8) is 0 Å². The number of rotatable bonds is 11. The molecule has 0 unspecified atom stereocenters. The van der Waals surface area contributed by atoms with Gasteiger partial charge in [0.2, 0.25) is 0 Å². The first kappa shape index (κ1) is 22.1. The van der Waals surface area contributed by atoms with Crippen molar-refractivity contribution in [2.75, 3.05) is 13.7 Å².